The predicted molar refractivity (Wildman–Crippen MR) is 72.4 cm³/mol. The van der Waals surface area contributed by atoms with Gasteiger partial charge in [-0.1, -0.05) is 19.1 Å². The molecule has 0 fully saturated rings. The lowest BCUT2D eigenvalue weighted by Gasteiger charge is -2.11. The summed E-state index contributed by atoms with van der Waals surface area (Å²) in [6.07, 6.45) is -0.00608. The fourth-order valence-corrected chi connectivity index (χ4v) is 1.77. The van der Waals surface area contributed by atoms with Crippen molar-refractivity contribution in [2.24, 2.45) is 5.92 Å². The van der Waals surface area contributed by atoms with Gasteiger partial charge in [0.1, 0.15) is 0 Å². The molecule has 6 nitrogen and oxygen atoms in total. The summed E-state index contributed by atoms with van der Waals surface area (Å²) in [4.78, 5) is 33.9. The van der Waals surface area contributed by atoms with Gasteiger partial charge >= 0.3 is 11.9 Å². The lowest BCUT2D eigenvalue weighted by Crippen LogP contribution is -2.18. The fourth-order valence-electron chi connectivity index (χ4n) is 1.77. The maximum Gasteiger partial charge on any atom is 0.339 e. The SMILES string of the molecule is COC(=O)c1ccccc1NC(=O)CC(C)CC(=O)O. The standard InChI is InChI=1S/C14H17NO5/c1-9(8-13(17)18)7-12(16)15-11-6-4-3-5-10(11)14(19)20-2/h3-6,9H,7-8H2,1-2H3,(H,15,16)(H,17,18). The summed E-state index contributed by atoms with van der Waals surface area (Å²) in [5.74, 6) is -2.10. The third-order valence-corrected chi connectivity index (χ3v) is 2.66. The Morgan fingerprint density at radius 3 is 2.50 bits per heavy atom. The molecular weight excluding hydrogens is 262 g/mol. The highest BCUT2D eigenvalue weighted by atomic mass is 16.5. The van der Waals surface area contributed by atoms with Gasteiger partial charge in [-0.2, -0.15) is 0 Å². The minimum atomic E-state index is -0.944. The summed E-state index contributed by atoms with van der Waals surface area (Å²) < 4.78 is 4.62. The zero-order chi connectivity index (χ0) is 15.1. The Labute approximate surface area is 116 Å². The minimum absolute atomic E-state index is 0.0712. The van der Waals surface area contributed by atoms with Crippen LogP contribution in [-0.4, -0.2) is 30.1 Å². The Kier molecular flexibility index (Phi) is 5.71. The monoisotopic (exact) mass is 279 g/mol. The number of benzene rings is 1. The van der Waals surface area contributed by atoms with Gasteiger partial charge in [-0.05, 0) is 18.1 Å². The molecule has 1 rings (SSSR count). The van der Waals surface area contributed by atoms with Crippen LogP contribution in [0.5, 0.6) is 0 Å². The number of anilines is 1. The van der Waals surface area contributed by atoms with Gasteiger partial charge in [-0.15, -0.1) is 0 Å². The molecule has 1 amide bonds. The molecule has 0 aliphatic carbocycles. The molecule has 108 valence electrons. The van der Waals surface area contributed by atoms with E-state index >= 15 is 0 Å². The Hall–Kier alpha value is -2.37. The van der Waals surface area contributed by atoms with Crippen LogP contribution in [0.25, 0.3) is 0 Å². The van der Waals surface area contributed by atoms with Crippen LogP contribution in [0.1, 0.15) is 30.1 Å². The summed E-state index contributed by atoms with van der Waals surface area (Å²) in [6, 6.07) is 6.48. The number of aliphatic carboxylic acids is 1. The number of methoxy groups -OCH3 is 1. The van der Waals surface area contributed by atoms with E-state index in [-0.39, 0.29) is 30.2 Å². The van der Waals surface area contributed by atoms with Crippen molar-refractivity contribution < 1.29 is 24.2 Å². The van der Waals surface area contributed by atoms with Gasteiger partial charge in [0, 0.05) is 12.8 Å². The Balaban J connectivity index is 2.71. The van der Waals surface area contributed by atoms with Crippen LogP contribution in [0.3, 0.4) is 0 Å². The van der Waals surface area contributed by atoms with E-state index in [0.29, 0.717) is 5.69 Å². The quantitative estimate of drug-likeness (QED) is 0.776. The molecule has 1 aromatic carbocycles. The number of carbonyl (C=O) groups is 3. The molecule has 20 heavy (non-hydrogen) atoms. The number of ether oxygens (including phenoxy) is 1. The van der Waals surface area contributed by atoms with Crippen molar-refractivity contribution in [1.82, 2.24) is 0 Å². The number of carboxylic acids is 1. The molecule has 0 spiro atoms. The van der Waals surface area contributed by atoms with Crippen molar-refractivity contribution in [2.45, 2.75) is 19.8 Å². The highest BCUT2D eigenvalue weighted by Gasteiger charge is 2.16. The number of carbonyl (C=O) groups excluding carboxylic acids is 2. The summed E-state index contributed by atoms with van der Waals surface area (Å²) in [5, 5.41) is 11.2. The van der Waals surface area contributed by atoms with Crippen LogP contribution in [0.15, 0.2) is 24.3 Å². The Morgan fingerprint density at radius 1 is 1.25 bits per heavy atom. The van der Waals surface area contributed by atoms with Crippen LogP contribution in [0.2, 0.25) is 0 Å². The van der Waals surface area contributed by atoms with Crippen LogP contribution < -0.4 is 5.32 Å². The molecule has 6 heteroatoms. The molecule has 0 saturated carbocycles. The van der Waals surface area contributed by atoms with Crippen LogP contribution in [0.4, 0.5) is 5.69 Å². The van der Waals surface area contributed by atoms with Gasteiger partial charge in [-0.3, -0.25) is 9.59 Å². The molecule has 2 N–H and O–H groups in total. The highest BCUT2D eigenvalue weighted by Crippen LogP contribution is 2.17. The van der Waals surface area contributed by atoms with Gasteiger partial charge < -0.3 is 15.2 Å². The molecule has 0 heterocycles. The van der Waals surface area contributed by atoms with Crippen molar-refractivity contribution in [3.63, 3.8) is 0 Å². The lowest BCUT2D eigenvalue weighted by molar-refractivity contribution is -0.138. The summed E-state index contributed by atoms with van der Waals surface area (Å²) >= 11 is 0. The van der Waals surface area contributed by atoms with E-state index in [9.17, 15) is 14.4 Å². The van der Waals surface area contributed by atoms with E-state index in [1.807, 2.05) is 0 Å². The first-order valence-corrected chi connectivity index (χ1v) is 6.13. The maximum absolute atomic E-state index is 11.8. The first-order valence-electron chi connectivity index (χ1n) is 6.13. The second-order valence-electron chi connectivity index (χ2n) is 4.49. The molecular formula is C14H17NO5. The summed E-state index contributed by atoms with van der Waals surface area (Å²) in [5.41, 5.74) is 0.612. The predicted octanol–water partition coefficient (Wildman–Crippen LogP) is 1.91. The lowest BCUT2D eigenvalue weighted by atomic mass is 10.0. The topological polar surface area (TPSA) is 92.7 Å². The fraction of sp³-hybridized carbons (Fsp3) is 0.357. The molecule has 0 radical (unpaired) electrons. The average molecular weight is 279 g/mol. The Morgan fingerprint density at radius 2 is 1.90 bits per heavy atom. The molecule has 1 atom stereocenters. The maximum atomic E-state index is 11.8. The largest absolute Gasteiger partial charge is 0.481 e. The van der Waals surface area contributed by atoms with E-state index in [2.05, 4.69) is 10.1 Å². The molecule has 0 bridgehead atoms. The zero-order valence-electron chi connectivity index (χ0n) is 11.4. The van der Waals surface area contributed by atoms with Crippen molar-refractivity contribution in [2.75, 3.05) is 12.4 Å². The van der Waals surface area contributed by atoms with E-state index in [4.69, 9.17) is 5.11 Å². The normalized spacial score (nSPS) is 11.5. The minimum Gasteiger partial charge on any atom is -0.481 e. The molecule has 0 saturated heterocycles. The number of para-hydroxylation sites is 1. The van der Waals surface area contributed by atoms with Gasteiger partial charge in [-0.25, -0.2) is 4.79 Å². The number of hydrogen-bond acceptors (Lipinski definition) is 4. The average Bonchev–Trinajstić information content (AvgIpc) is 2.37. The van der Waals surface area contributed by atoms with E-state index in [0.717, 1.165) is 0 Å². The first kappa shape index (κ1) is 15.7. The van der Waals surface area contributed by atoms with Crippen molar-refractivity contribution in [3.05, 3.63) is 29.8 Å². The zero-order valence-corrected chi connectivity index (χ0v) is 11.4. The third kappa shape index (κ3) is 4.72. The van der Waals surface area contributed by atoms with Crippen LogP contribution in [0, 0.1) is 5.92 Å². The van der Waals surface area contributed by atoms with E-state index in [1.165, 1.54) is 7.11 Å². The van der Waals surface area contributed by atoms with Crippen LogP contribution in [-0.2, 0) is 14.3 Å². The Bertz CT molecular complexity index is 512. The van der Waals surface area contributed by atoms with Gasteiger partial charge in [0.05, 0.1) is 18.4 Å². The van der Waals surface area contributed by atoms with Gasteiger partial charge in [0.25, 0.3) is 0 Å². The third-order valence-electron chi connectivity index (χ3n) is 2.66. The van der Waals surface area contributed by atoms with Crippen molar-refractivity contribution in [3.8, 4) is 0 Å². The summed E-state index contributed by atoms with van der Waals surface area (Å²) in [6.45, 7) is 1.68. The molecule has 0 aliphatic rings. The second-order valence-corrected chi connectivity index (χ2v) is 4.49. The van der Waals surface area contributed by atoms with Crippen LogP contribution >= 0.6 is 0 Å². The first-order chi connectivity index (χ1) is 9.43. The van der Waals surface area contributed by atoms with E-state index in [1.54, 1.807) is 31.2 Å². The number of rotatable bonds is 6. The molecule has 0 aromatic heterocycles. The number of esters is 1. The number of nitrogens with one attached hydrogen (secondary N) is 1. The second kappa shape index (κ2) is 7.28. The molecule has 1 unspecified atom stereocenters. The molecule has 1 aromatic rings. The smallest absolute Gasteiger partial charge is 0.339 e. The highest BCUT2D eigenvalue weighted by molar-refractivity contribution is 6.01. The van der Waals surface area contributed by atoms with Crippen molar-refractivity contribution in [1.29, 1.82) is 0 Å². The molecule has 0 aliphatic heterocycles. The van der Waals surface area contributed by atoms with Crippen molar-refractivity contribution >= 4 is 23.5 Å². The van der Waals surface area contributed by atoms with E-state index < -0.39 is 11.9 Å². The van der Waals surface area contributed by atoms with Gasteiger partial charge in [0.15, 0.2) is 0 Å². The number of hydrogen-bond donors (Lipinski definition) is 2. The van der Waals surface area contributed by atoms with Gasteiger partial charge in [0.2, 0.25) is 5.91 Å². The number of amides is 1. The number of carboxylic acid groups (broad SMARTS) is 1. The summed E-state index contributed by atoms with van der Waals surface area (Å²) in [7, 11) is 1.26.